The summed E-state index contributed by atoms with van der Waals surface area (Å²) in [7, 11) is -3.35. The van der Waals surface area contributed by atoms with Crippen LogP contribution in [0.3, 0.4) is 0 Å². The van der Waals surface area contributed by atoms with Crippen molar-refractivity contribution in [3.05, 3.63) is 36.4 Å². The third kappa shape index (κ3) is 3.10. The monoisotopic (exact) mass is 308 g/mol. The molecule has 0 atom stereocenters. The van der Waals surface area contributed by atoms with Crippen LogP contribution in [-0.4, -0.2) is 37.8 Å². The van der Waals surface area contributed by atoms with Crippen LogP contribution >= 0.6 is 0 Å². The molecule has 3 rings (SSSR count). The minimum atomic E-state index is -3.35. The molecular formula is C13H16N4O3S. The largest absolute Gasteiger partial charge is 0.489 e. The lowest BCUT2D eigenvalue weighted by Crippen LogP contribution is -2.33. The number of anilines is 2. The summed E-state index contributed by atoms with van der Waals surface area (Å²) in [6.07, 6.45) is 4.51. The second kappa shape index (κ2) is 5.28. The molecule has 2 N–H and O–H groups in total. The topological polar surface area (TPSA) is 87.3 Å². The third-order valence-electron chi connectivity index (χ3n) is 3.15. The van der Waals surface area contributed by atoms with Gasteiger partial charge >= 0.3 is 0 Å². The van der Waals surface area contributed by atoms with Gasteiger partial charge in [0.05, 0.1) is 37.1 Å². The van der Waals surface area contributed by atoms with E-state index in [1.165, 1.54) is 0 Å². The van der Waals surface area contributed by atoms with Crippen LogP contribution in [0, 0.1) is 0 Å². The molecule has 0 saturated heterocycles. The summed E-state index contributed by atoms with van der Waals surface area (Å²) in [4.78, 5) is 9.12. The zero-order valence-electron chi connectivity index (χ0n) is 11.5. The number of rotatable bonds is 4. The summed E-state index contributed by atoms with van der Waals surface area (Å²) in [5.41, 5.74) is 2.23. The predicted molar refractivity (Wildman–Crippen MR) is 80.0 cm³/mol. The van der Waals surface area contributed by atoms with Gasteiger partial charge in [-0.25, -0.2) is 13.4 Å². The van der Waals surface area contributed by atoms with Crippen molar-refractivity contribution in [2.45, 2.75) is 6.54 Å². The molecule has 8 heteroatoms. The molecule has 0 fully saturated rings. The average molecular weight is 308 g/mol. The molecule has 0 radical (unpaired) electrons. The average Bonchev–Trinajstić information content (AvgIpc) is 2.90. The molecule has 2 heterocycles. The van der Waals surface area contributed by atoms with Gasteiger partial charge in [-0.15, -0.1) is 0 Å². The Kier molecular flexibility index (Phi) is 3.46. The van der Waals surface area contributed by atoms with Crippen molar-refractivity contribution in [3.63, 3.8) is 0 Å². The van der Waals surface area contributed by atoms with E-state index in [0.717, 1.165) is 17.6 Å². The summed E-state index contributed by atoms with van der Waals surface area (Å²) in [6.45, 7) is 1.84. The van der Waals surface area contributed by atoms with Crippen molar-refractivity contribution in [3.8, 4) is 5.75 Å². The second-order valence-electron chi connectivity index (χ2n) is 4.87. The summed E-state index contributed by atoms with van der Waals surface area (Å²) in [5.74, 6) is 0.675. The van der Waals surface area contributed by atoms with E-state index >= 15 is 0 Å². The van der Waals surface area contributed by atoms with Gasteiger partial charge in [-0.1, -0.05) is 6.07 Å². The summed E-state index contributed by atoms with van der Waals surface area (Å²) in [5, 5.41) is 0. The van der Waals surface area contributed by atoms with Gasteiger partial charge in [-0.2, -0.15) is 0 Å². The fourth-order valence-electron chi connectivity index (χ4n) is 2.36. The molecule has 0 unspecified atom stereocenters. The van der Waals surface area contributed by atoms with Gasteiger partial charge < -0.3 is 14.6 Å². The van der Waals surface area contributed by atoms with Crippen LogP contribution in [0.2, 0.25) is 0 Å². The van der Waals surface area contributed by atoms with Crippen LogP contribution < -0.4 is 14.4 Å². The van der Waals surface area contributed by atoms with Crippen LogP contribution in [-0.2, 0) is 16.6 Å². The molecule has 2 aromatic rings. The minimum absolute atomic E-state index is 0.522. The summed E-state index contributed by atoms with van der Waals surface area (Å²) >= 11 is 0. The van der Waals surface area contributed by atoms with Gasteiger partial charge in [-0.05, 0) is 12.1 Å². The normalized spacial score (nSPS) is 14.4. The highest BCUT2D eigenvalue weighted by molar-refractivity contribution is 7.92. The SMILES string of the molecule is CS(=O)(=O)Nc1cccc2c1N(Cc1cnc[nH]1)CCO2. The molecular weight excluding hydrogens is 292 g/mol. The fraction of sp³-hybridized carbons (Fsp3) is 0.308. The lowest BCUT2D eigenvalue weighted by molar-refractivity contribution is 0.307. The van der Waals surface area contributed by atoms with E-state index in [1.807, 2.05) is 6.07 Å². The number of hydrogen-bond acceptors (Lipinski definition) is 5. The highest BCUT2D eigenvalue weighted by atomic mass is 32.2. The Morgan fingerprint density at radius 3 is 3.05 bits per heavy atom. The van der Waals surface area contributed by atoms with Crippen LogP contribution in [0.25, 0.3) is 0 Å². The lowest BCUT2D eigenvalue weighted by Gasteiger charge is -2.32. The first kappa shape index (κ1) is 13.7. The maximum absolute atomic E-state index is 11.5. The third-order valence-corrected chi connectivity index (χ3v) is 3.74. The number of benzene rings is 1. The first-order valence-corrected chi connectivity index (χ1v) is 8.38. The molecule has 0 aliphatic carbocycles. The van der Waals surface area contributed by atoms with Crippen LogP contribution in [0.1, 0.15) is 5.69 Å². The molecule has 0 bridgehead atoms. The van der Waals surface area contributed by atoms with Crippen molar-refractivity contribution in [2.75, 3.05) is 29.0 Å². The highest BCUT2D eigenvalue weighted by Gasteiger charge is 2.23. The number of fused-ring (bicyclic) bond motifs is 1. The molecule has 1 aliphatic heterocycles. The van der Waals surface area contributed by atoms with Crippen molar-refractivity contribution in [1.29, 1.82) is 0 Å². The smallest absolute Gasteiger partial charge is 0.229 e. The molecule has 0 amide bonds. The van der Waals surface area contributed by atoms with Crippen molar-refractivity contribution in [2.24, 2.45) is 0 Å². The van der Waals surface area contributed by atoms with Crippen molar-refractivity contribution < 1.29 is 13.2 Å². The Balaban J connectivity index is 1.98. The molecule has 0 spiro atoms. The van der Waals surface area contributed by atoms with Gasteiger partial charge in [0.1, 0.15) is 18.0 Å². The van der Waals surface area contributed by atoms with E-state index < -0.39 is 10.0 Å². The maximum atomic E-state index is 11.5. The number of ether oxygens (including phenoxy) is 1. The summed E-state index contributed by atoms with van der Waals surface area (Å²) in [6, 6.07) is 5.34. The van der Waals surface area contributed by atoms with Crippen LogP contribution in [0.4, 0.5) is 11.4 Å². The highest BCUT2D eigenvalue weighted by Crippen LogP contribution is 2.39. The zero-order chi connectivity index (χ0) is 14.9. The maximum Gasteiger partial charge on any atom is 0.229 e. The first-order chi connectivity index (χ1) is 10.0. The standard InChI is InChI=1S/C13H16N4O3S/c1-21(18,19)16-11-3-2-4-12-13(11)17(5-6-20-12)8-10-7-14-9-15-10/h2-4,7,9,16H,5-6,8H2,1H3,(H,14,15). The van der Waals surface area contributed by atoms with Gasteiger partial charge in [-0.3, -0.25) is 4.72 Å². The number of sulfonamides is 1. The number of hydrogen-bond donors (Lipinski definition) is 2. The number of aromatic nitrogens is 2. The number of aromatic amines is 1. The van der Waals surface area contributed by atoms with Crippen molar-refractivity contribution in [1.82, 2.24) is 9.97 Å². The summed E-state index contributed by atoms with van der Waals surface area (Å²) < 4.78 is 31.2. The molecule has 0 saturated carbocycles. The second-order valence-corrected chi connectivity index (χ2v) is 6.62. The number of nitrogens with one attached hydrogen (secondary N) is 2. The number of nitrogens with zero attached hydrogens (tertiary/aromatic N) is 2. The van der Waals surface area contributed by atoms with E-state index in [4.69, 9.17) is 4.74 Å². The van der Waals surface area contributed by atoms with E-state index in [9.17, 15) is 8.42 Å². The number of para-hydroxylation sites is 1. The molecule has 1 aromatic carbocycles. The molecule has 7 nitrogen and oxygen atoms in total. The Labute approximate surface area is 123 Å². The lowest BCUT2D eigenvalue weighted by atomic mass is 10.2. The van der Waals surface area contributed by atoms with E-state index in [2.05, 4.69) is 19.6 Å². The fourth-order valence-corrected chi connectivity index (χ4v) is 2.92. The Hall–Kier alpha value is -2.22. The Bertz CT molecular complexity index is 728. The van der Waals surface area contributed by atoms with Gasteiger partial charge in [0.25, 0.3) is 0 Å². The van der Waals surface area contributed by atoms with Crippen molar-refractivity contribution >= 4 is 21.4 Å². The zero-order valence-corrected chi connectivity index (χ0v) is 12.4. The van der Waals surface area contributed by atoms with E-state index in [0.29, 0.717) is 31.1 Å². The number of imidazole rings is 1. The molecule has 112 valence electrons. The van der Waals surface area contributed by atoms with E-state index in [1.54, 1.807) is 24.7 Å². The molecule has 1 aromatic heterocycles. The first-order valence-electron chi connectivity index (χ1n) is 6.49. The number of H-pyrrole nitrogens is 1. The van der Waals surface area contributed by atoms with Gasteiger partial charge in [0.15, 0.2) is 0 Å². The van der Waals surface area contributed by atoms with E-state index in [-0.39, 0.29) is 0 Å². The Morgan fingerprint density at radius 1 is 1.48 bits per heavy atom. The molecule has 21 heavy (non-hydrogen) atoms. The van der Waals surface area contributed by atoms with Crippen LogP contribution in [0.5, 0.6) is 5.75 Å². The van der Waals surface area contributed by atoms with Crippen LogP contribution in [0.15, 0.2) is 30.7 Å². The van der Waals surface area contributed by atoms with Gasteiger partial charge in [0.2, 0.25) is 10.0 Å². The quantitative estimate of drug-likeness (QED) is 0.885. The minimum Gasteiger partial charge on any atom is -0.489 e. The van der Waals surface area contributed by atoms with Gasteiger partial charge in [0, 0.05) is 6.20 Å². The Morgan fingerprint density at radius 2 is 2.33 bits per heavy atom. The predicted octanol–water partition coefficient (Wildman–Crippen LogP) is 1.18. The molecule has 1 aliphatic rings.